The van der Waals surface area contributed by atoms with Crippen LogP contribution in [0.25, 0.3) is 0 Å². The van der Waals surface area contributed by atoms with Crippen LogP contribution >= 0.6 is 0 Å². The second-order valence-electron chi connectivity index (χ2n) is 11.2. The molecule has 2 aromatic carbocycles. The molecule has 3 aliphatic carbocycles. The van der Waals surface area contributed by atoms with Crippen molar-refractivity contribution >= 4 is 23.6 Å². The number of allylic oxidation sites excluding steroid dienone is 2. The molecule has 0 unspecified atom stereocenters. The third-order valence-electron chi connectivity index (χ3n) is 9.34. The summed E-state index contributed by atoms with van der Waals surface area (Å²) in [6.07, 6.45) is 4.68. The Morgan fingerprint density at radius 3 is 1.17 bits per heavy atom. The topological polar surface area (TPSA) is 112 Å². The second kappa shape index (κ2) is 10.8. The summed E-state index contributed by atoms with van der Waals surface area (Å²) < 4.78 is 21.3. The van der Waals surface area contributed by atoms with E-state index in [1.165, 1.54) is 9.80 Å². The van der Waals surface area contributed by atoms with Crippen molar-refractivity contribution in [3.8, 4) is 23.0 Å². The van der Waals surface area contributed by atoms with Gasteiger partial charge in [0.1, 0.15) is 0 Å². The lowest BCUT2D eigenvalue weighted by atomic mass is 9.54. The fourth-order valence-electron chi connectivity index (χ4n) is 7.34. The summed E-state index contributed by atoms with van der Waals surface area (Å²) in [5.41, 5.74) is 1.80. The summed E-state index contributed by atoms with van der Waals surface area (Å²) in [5.74, 6) is -2.13. The number of imide groups is 2. The van der Waals surface area contributed by atoms with Gasteiger partial charge in [-0.05, 0) is 48.2 Å². The molecule has 4 atom stereocenters. The first kappa shape index (κ1) is 27.8. The quantitative estimate of drug-likeness (QED) is 0.315. The Morgan fingerprint density at radius 1 is 0.524 bits per heavy atom. The highest BCUT2D eigenvalue weighted by molar-refractivity contribution is 6.10. The van der Waals surface area contributed by atoms with Crippen LogP contribution in [0.1, 0.15) is 11.1 Å². The molecular weight excluding hydrogens is 540 g/mol. The first-order valence-electron chi connectivity index (χ1n) is 14.1. The molecule has 0 aromatic heterocycles. The Balaban J connectivity index is 1.17. The maximum absolute atomic E-state index is 13.7. The standard InChI is InChI=1S/C32H34N2O8/c1-39-21-9-5-17(15-23(21)41-3)11-13-33-29(35)25-19-7-8-20(26(25)30(33)36)28-27(19)31(37)34(32(28)38)14-12-18-6-10-22(40-2)24(16-18)42-4/h5-10,15-16,19-20,25-28H,11-14H2,1-4H3/t19?,20?,25-,26+,27-,28+. The van der Waals surface area contributed by atoms with Crippen LogP contribution in [-0.4, -0.2) is 75.0 Å². The predicted molar refractivity (Wildman–Crippen MR) is 150 cm³/mol. The second-order valence-corrected chi connectivity index (χ2v) is 11.2. The highest BCUT2D eigenvalue weighted by Crippen LogP contribution is 2.57. The Bertz CT molecular complexity index is 1330. The minimum Gasteiger partial charge on any atom is -0.493 e. The Hall–Kier alpha value is -4.34. The number of likely N-dealkylation sites (tertiary alicyclic amines) is 2. The summed E-state index contributed by atoms with van der Waals surface area (Å²) in [7, 11) is 6.23. The van der Waals surface area contributed by atoms with Crippen molar-refractivity contribution in [2.45, 2.75) is 12.8 Å². The molecule has 7 rings (SSSR count). The molecule has 0 N–H and O–H groups in total. The highest BCUT2D eigenvalue weighted by atomic mass is 16.5. The molecule has 2 bridgehead atoms. The first-order chi connectivity index (χ1) is 20.3. The molecule has 10 nitrogen and oxygen atoms in total. The SMILES string of the molecule is COc1ccc(CCN2C(=O)[C@@H]3C4C=CC([C@@H]3C2=O)[C@@H]2C(=O)N(CCc3ccc(OC)c(OC)c3)C(=O)[C@H]42)cc1OC. The normalized spacial score (nSPS) is 27.4. The van der Waals surface area contributed by atoms with Gasteiger partial charge in [0.25, 0.3) is 0 Å². The van der Waals surface area contributed by atoms with Gasteiger partial charge in [0.2, 0.25) is 23.6 Å². The van der Waals surface area contributed by atoms with Gasteiger partial charge in [0.05, 0.1) is 52.1 Å². The maximum Gasteiger partial charge on any atom is 0.233 e. The zero-order valence-electron chi connectivity index (χ0n) is 24.1. The van der Waals surface area contributed by atoms with E-state index in [0.717, 1.165) is 11.1 Å². The molecule has 3 fully saturated rings. The van der Waals surface area contributed by atoms with Gasteiger partial charge in [-0.1, -0.05) is 24.3 Å². The van der Waals surface area contributed by atoms with E-state index in [0.29, 0.717) is 35.8 Å². The van der Waals surface area contributed by atoms with Crippen molar-refractivity contribution in [1.82, 2.24) is 9.80 Å². The number of methoxy groups -OCH3 is 4. The lowest BCUT2D eigenvalue weighted by Gasteiger charge is -2.44. The van der Waals surface area contributed by atoms with Gasteiger partial charge >= 0.3 is 0 Å². The van der Waals surface area contributed by atoms with Crippen LogP contribution in [0.5, 0.6) is 23.0 Å². The molecule has 5 aliphatic rings. The van der Waals surface area contributed by atoms with Gasteiger partial charge in [0.15, 0.2) is 23.0 Å². The van der Waals surface area contributed by atoms with E-state index < -0.39 is 35.5 Å². The maximum atomic E-state index is 13.7. The molecule has 2 aliphatic heterocycles. The van der Waals surface area contributed by atoms with E-state index in [1.54, 1.807) is 40.6 Å². The molecule has 220 valence electrons. The molecule has 1 saturated carbocycles. The lowest BCUT2D eigenvalue weighted by Crippen LogP contribution is -2.50. The zero-order chi connectivity index (χ0) is 29.7. The average molecular weight is 575 g/mol. The van der Waals surface area contributed by atoms with Crippen molar-refractivity contribution < 1.29 is 38.1 Å². The van der Waals surface area contributed by atoms with Gasteiger partial charge in [0, 0.05) is 24.9 Å². The number of benzene rings is 2. The van der Waals surface area contributed by atoms with Crippen LogP contribution in [0.2, 0.25) is 0 Å². The zero-order valence-corrected chi connectivity index (χ0v) is 24.1. The van der Waals surface area contributed by atoms with Gasteiger partial charge < -0.3 is 18.9 Å². The van der Waals surface area contributed by atoms with E-state index >= 15 is 0 Å². The smallest absolute Gasteiger partial charge is 0.233 e. The van der Waals surface area contributed by atoms with Crippen molar-refractivity contribution in [3.05, 3.63) is 59.7 Å². The predicted octanol–water partition coefficient (Wildman–Crippen LogP) is 2.52. The number of carbonyl (C=O) groups is 4. The number of nitrogens with zero attached hydrogens (tertiary/aromatic N) is 2. The number of hydrogen-bond acceptors (Lipinski definition) is 8. The van der Waals surface area contributed by atoms with Crippen LogP contribution in [0.3, 0.4) is 0 Å². The van der Waals surface area contributed by atoms with Crippen LogP contribution in [0.4, 0.5) is 0 Å². The van der Waals surface area contributed by atoms with Gasteiger partial charge in [-0.2, -0.15) is 0 Å². The van der Waals surface area contributed by atoms with E-state index in [1.807, 2.05) is 36.4 Å². The minimum atomic E-state index is -0.623. The van der Waals surface area contributed by atoms with E-state index in [4.69, 9.17) is 18.9 Å². The molecule has 2 heterocycles. The van der Waals surface area contributed by atoms with E-state index in [2.05, 4.69) is 0 Å². The molecule has 2 aromatic rings. The molecule has 2 saturated heterocycles. The molecule has 0 spiro atoms. The summed E-state index contributed by atoms with van der Waals surface area (Å²) in [6.45, 7) is 0.433. The van der Waals surface area contributed by atoms with E-state index in [9.17, 15) is 19.2 Å². The number of ether oxygens (including phenoxy) is 4. The van der Waals surface area contributed by atoms with E-state index in [-0.39, 0.29) is 36.7 Å². The van der Waals surface area contributed by atoms with Crippen LogP contribution < -0.4 is 18.9 Å². The lowest BCUT2D eigenvalue weighted by molar-refractivity contribution is -0.140. The number of amides is 4. The molecule has 0 radical (unpaired) electrons. The van der Waals surface area contributed by atoms with Crippen LogP contribution in [0, 0.1) is 35.5 Å². The molecular formula is C32H34N2O8. The fraction of sp³-hybridized carbons (Fsp3) is 0.438. The third-order valence-corrected chi connectivity index (χ3v) is 9.34. The fourth-order valence-corrected chi connectivity index (χ4v) is 7.34. The monoisotopic (exact) mass is 574 g/mol. The highest BCUT2D eigenvalue weighted by Gasteiger charge is 2.68. The summed E-state index contributed by atoms with van der Waals surface area (Å²) in [5, 5.41) is 0. The number of hydrogen-bond donors (Lipinski definition) is 0. The molecule has 42 heavy (non-hydrogen) atoms. The number of carbonyl (C=O) groups excluding carboxylic acids is 4. The summed E-state index contributed by atoms with van der Waals surface area (Å²) in [6, 6.07) is 11.0. The molecule has 10 heteroatoms. The Labute approximate surface area is 244 Å². The first-order valence-corrected chi connectivity index (χ1v) is 14.1. The van der Waals surface area contributed by atoms with Crippen LogP contribution in [-0.2, 0) is 32.0 Å². The third kappa shape index (κ3) is 4.23. The number of rotatable bonds is 10. The van der Waals surface area contributed by atoms with Crippen LogP contribution in [0.15, 0.2) is 48.6 Å². The minimum absolute atomic E-state index is 0.217. The molecule has 4 amide bonds. The Kier molecular flexibility index (Phi) is 7.16. The van der Waals surface area contributed by atoms with Crippen molar-refractivity contribution in [1.29, 1.82) is 0 Å². The van der Waals surface area contributed by atoms with Crippen molar-refractivity contribution in [2.75, 3.05) is 41.5 Å². The summed E-state index contributed by atoms with van der Waals surface area (Å²) >= 11 is 0. The van der Waals surface area contributed by atoms with Gasteiger partial charge in [-0.15, -0.1) is 0 Å². The van der Waals surface area contributed by atoms with Crippen molar-refractivity contribution in [3.63, 3.8) is 0 Å². The average Bonchev–Trinajstić information content (AvgIpc) is 3.44. The summed E-state index contributed by atoms with van der Waals surface area (Å²) in [4.78, 5) is 57.3. The van der Waals surface area contributed by atoms with Crippen molar-refractivity contribution in [2.24, 2.45) is 35.5 Å². The van der Waals surface area contributed by atoms with Gasteiger partial charge in [-0.3, -0.25) is 29.0 Å². The van der Waals surface area contributed by atoms with Gasteiger partial charge in [-0.25, -0.2) is 0 Å². The largest absolute Gasteiger partial charge is 0.493 e. The Morgan fingerprint density at radius 2 is 0.857 bits per heavy atom.